The maximum absolute atomic E-state index is 10.7. The van der Waals surface area contributed by atoms with Crippen molar-refractivity contribution in [2.24, 2.45) is 14.1 Å². The smallest absolute Gasteiger partial charge is 0.335 e. The van der Waals surface area contributed by atoms with Crippen LogP contribution in [0.3, 0.4) is 0 Å². The van der Waals surface area contributed by atoms with E-state index in [-0.39, 0.29) is 18.0 Å². The summed E-state index contributed by atoms with van der Waals surface area (Å²) >= 11 is 0. The Bertz CT molecular complexity index is 1210. The van der Waals surface area contributed by atoms with Gasteiger partial charge in [-0.15, -0.1) is 12.4 Å². The first-order valence-electron chi connectivity index (χ1n) is 9.62. The highest BCUT2D eigenvalue weighted by atomic mass is 35.5. The molecule has 0 fully saturated rings. The summed E-state index contributed by atoms with van der Waals surface area (Å²) in [4.78, 5) is 19.5. The molecule has 2 aromatic heterocycles. The molecular formula is C24H24ClN5O2. The molecule has 0 atom stereocenters. The predicted octanol–water partition coefficient (Wildman–Crippen LogP) is 4.78. The van der Waals surface area contributed by atoms with E-state index in [2.05, 4.69) is 16.0 Å². The molecule has 8 heteroatoms. The van der Waals surface area contributed by atoms with Crippen molar-refractivity contribution >= 4 is 18.4 Å². The van der Waals surface area contributed by atoms with Crippen molar-refractivity contribution in [1.29, 1.82) is 5.26 Å². The van der Waals surface area contributed by atoms with Gasteiger partial charge < -0.3 is 14.2 Å². The van der Waals surface area contributed by atoms with E-state index >= 15 is 0 Å². The van der Waals surface area contributed by atoms with Gasteiger partial charge in [0.1, 0.15) is 11.6 Å². The fourth-order valence-electron chi connectivity index (χ4n) is 2.90. The second-order valence-corrected chi connectivity index (χ2v) is 7.14. The summed E-state index contributed by atoms with van der Waals surface area (Å²) in [7, 11) is 3.90. The molecule has 32 heavy (non-hydrogen) atoms. The molecule has 1 N–H and O–H groups in total. The van der Waals surface area contributed by atoms with Crippen LogP contribution in [0.4, 0.5) is 0 Å². The van der Waals surface area contributed by atoms with Crippen molar-refractivity contribution in [2.45, 2.75) is 13.8 Å². The minimum absolute atomic E-state index is 0. The lowest BCUT2D eigenvalue weighted by atomic mass is 10.1. The van der Waals surface area contributed by atoms with Crippen LogP contribution < -0.4 is 0 Å². The van der Waals surface area contributed by atoms with E-state index in [4.69, 9.17) is 10.4 Å². The van der Waals surface area contributed by atoms with Gasteiger partial charge in [-0.05, 0) is 38.1 Å². The molecule has 0 unspecified atom stereocenters. The zero-order chi connectivity index (χ0) is 22.5. The number of nitriles is 1. The van der Waals surface area contributed by atoms with Crippen molar-refractivity contribution in [2.75, 3.05) is 0 Å². The Kier molecular flexibility index (Phi) is 7.94. The Labute approximate surface area is 193 Å². The molecule has 0 saturated carbocycles. The Balaban J connectivity index is 0.000000220. The Morgan fingerprint density at radius 1 is 0.844 bits per heavy atom. The van der Waals surface area contributed by atoms with Gasteiger partial charge in [0.2, 0.25) is 0 Å². The Morgan fingerprint density at radius 2 is 1.25 bits per heavy atom. The van der Waals surface area contributed by atoms with Gasteiger partial charge in [-0.2, -0.15) is 5.26 Å². The van der Waals surface area contributed by atoms with Crippen LogP contribution in [-0.2, 0) is 14.1 Å². The number of hydrogen-bond donors (Lipinski definition) is 1. The van der Waals surface area contributed by atoms with Gasteiger partial charge >= 0.3 is 5.97 Å². The van der Waals surface area contributed by atoms with Crippen molar-refractivity contribution in [3.8, 4) is 28.6 Å². The number of aromatic nitrogens is 4. The molecule has 4 rings (SSSR count). The van der Waals surface area contributed by atoms with Crippen LogP contribution in [0.2, 0.25) is 0 Å². The van der Waals surface area contributed by atoms with Crippen molar-refractivity contribution in [3.05, 3.63) is 83.7 Å². The fraction of sp³-hybridized carbons (Fsp3) is 0.167. The van der Waals surface area contributed by atoms with Gasteiger partial charge in [0.05, 0.1) is 28.6 Å². The standard InChI is InChI=1S/C12H11N3.C12H12N2O2.ClH/c1-9-14-12(8-15(9)2)11-5-3-10(7-13)4-6-11;1-8-13-11(7-14(8)2)9-3-5-10(6-4-9)12(15)16;/h3-6,8H,1-2H3;3-7H,1-2H3,(H,15,16);1H. The Morgan fingerprint density at radius 3 is 1.56 bits per heavy atom. The van der Waals surface area contributed by atoms with E-state index in [1.54, 1.807) is 36.4 Å². The lowest BCUT2D eigenvalue weighted by Crippen LogP contribution is -1.94. The number of carboxylic acids is 1. The number of rotatable bonds is 3. The Hall–Kier alpha value is -3.89. The minimum Gasteiger partial charge on any atom is -0.478 e. The number of imidazole rings is 2. The highest BCUT2D eigenvalue weighted by Gasteiger charge is 2.06. The molecule has 0 aliphatic heterocycles. The molecule has 0 radical (unpaired) electrons. The summed E-state index contributed by atoms with van der Waals surface area (Å²) in [6.45, 7) is 3.89. The SMILES string of the molecule is Cc1nc(-c2ccc(C#N)cc2)cn1C.Cc1nc(-c2ccc(C(=O)O)cc2)cn1C.Cl. The molecule has 4 aromatic rings. The maximum atomic E-state index is 10.7. The zero-order valence-corrected chi connectivity index (χ0v) is 19.1. The van der Waals surface area contributed by atoms with E-state index in [1.807, 2.05) is 61.6 Å². The summed E-state index contributed by atoms with van der Waals surface area (Å²) in [5, 5.41) is 17.5. The summed E-state index contributed by atoms with van der Waals surface area (Å²) in [6.07, 6.45) is 3.90. The van der Waals surface area contributed by atoms with Crippen LogP contribution in [0.25, 0.3) is 22.5 Å². The number of hydrogen-bond acceptors (Lipinski definition) is 4. The predicted molar refractivity (Wildman–Crippen MR) is 126 cm³/mol. The molecule has 164 valence electrons. The third-order valence-corrected chi connectivity index (χ3v) is 4.95. The molecule has 2 heterocycles. The molecule has 0 aliphatic rings. The summed E-state index contributed by atoms with van der Waals surface area (Å²) in [5.74, 6) is 0.996. The maximum Gasteiger partial charge on any atom is 0.335 e. The lowest BCUT2D eigenvalue weighted by molar-refractivity contribution is 0.0697. The highest BCUT2D eigenvalue weighted by molar-refractivity contribution is 5.88. The normalized spacial score (nSPS) is 9.84. The van der Waals surface area contributed by atoms with Gasteiger partial charge in [-0.25, -0.2) is 14.8 Å². The lowest BCUT2D eigenvalue weighted by Gasteiger charge is -1.97. The number of halogens is 1. The van der Waals surface area contributed by atoms with Crippen LogP contribution >= 0.6 is 12.4 Å². The molecule has 0 aliphatic carbocycles. The second-order valence-electron chi connectivity index (χ2n) is 7.14. The number of aryl methyl sites for hydroxylation is 4. The minimum atomic E-state index is -0.913. The number of carboxylic acid groups (broad SMARTS) is 1. The van der Waals surface area contributed by atoms with Crippen LogP contribution in [0, 0.1) is 25.2 Å². The summed E-state index contributed by atoms with van der Waals surface area (Å²) in [6, 6.07) is 16.2. The molecule has 0 amide bonds. The summed E-state index contributed by atoms with van der Waals surface area (Å²) in [5.41, 5.74) is 4.73. The van der Waals surface area contributed by atoms with E-state index in [0.717, 1.165) is 34.2 Å². The first-order chi connectivity index (χ1) is 14.8. The topological polar surface area (TPSA) is 96.7 Å². The van der Waals surface area contributed by atoms with Crippen LogP contribution in [0.1, 0.15) is 27.6 Å². The van der Waals surface area contributed by atoms with Crippen molar-refractivity contribution in [1.82, 2.24) is 19.1 Å². The van der Waals surface area contributed by atoms with Gasteiger partial charge in [0, 0.05) is 37.6 Å². The number of aromatic carboxylic acids is 1. The van der Waals surface area contributed by atoms with E-state index in [9.17, 15) is 4.79 Å². The van der Waals surface area contributed by atoms with Gasteiger partial charge in [0.15, 0.2) is 0 Å². The first-order valence-corrected chi connectivity index (χ1v) is 9.62. The van der Waals surface area contributed by atoms with Crippen molar-refractivity contribution in [3.63, 3.8) is 0 Å². The molecule has 0 spiro atoms. The molecule has 0 saturated heterocycles. The average Bonchev–Trinajstić information content (AvgIpc) is 3.29. The third-order valence-electron chi connectivity index (χ3n) is 4.95. The van der Waals surface area contributed by atoms with Crippen molar-refractivity contribution < 1.29 is 9.90 Å². The first kappa shape index (κ1) is 24.4. The van der Waals surface area contributed by atoms with Crippen LogP contribution in [0.15, 0.2) is 60.9 Å². The monoisotopic (exact) mass is 449 g/mol. The average molecular weight is 450 g/mol. The van der Waals surface area contributed by atoms with E-state index < -0.39 is 5.97 Å². The van der Waals surface area contributed by atoms with Gasteiger partial charge in [0.25, 0.3) is 0 Å². The number of benzene rings is 2. The quantitative estimate of drug-likeness (QED) is 0.485. The molecule has 2 aromatic carbocycles. The zero-order valence-electron chi connectivity index (χ0n) is 18.3. The van der Waals surface area contributed by atoms with Gasteiger partial charge in [-0.3, -0.25) is 0 Å². The number of nitrogens with zero attached hydrogens (tertiary/aromatic N) is 5. The fourth-order valence-corrected chi connectivity index (χ4v) is 2.90. The molecular weight excluding hydrogens is 426 g/mol. The summed E-state index contributed by atoms with van der Waals surface area (Å²) < 4.78 is 3.91. The molecule has 0 bridgehead atoms. The van der Waals surface area contributed by atoms with Crippen LogP contribution in [-0.4, -0.2) is 30.2 Å². The molecule has 7 nitrogen and oxygen atoms in total. The second kappa shape index (κ2) is 10.4. The van der Waals surface area contributed by atoms with E-state index in [0.29, 0.717) is 5.56 Å². The largest absolute Gasteiger partial charge is 0.478 e. The van der Waals surface area contributed by atoms with E-state index in [1.165, 1.54) is 0 Å². The third kappa shape index (κ3) is 5.62. The van der Waals surface area contributed by atoms with Crippen LogP contribution in [0.5, 0.6) is 0 Å². The highest BCUT2D eigenvalue weighted by Crippen LogP contribution is 2.19. The van der Waals surface area contributed by atoms with Gasteiger partial charge in [-0.1, -0.05) is 24.3 Å². The number of carbonyl (C=O) groups is 1.